The van der Waals surface area contributed by atoms with E-state index in [4.69, 9.17) is 16.3 Å². The maximum absolute atomic E-state index is 12.9. The van der Waals surface area contributed by atoms with Crippen molar-refractivity contribution in [3.63, 3.8) is 0 Å². The van der Waals surface area contributed by atoms with Gasteiger partial charge in [-0.15, -0.1) is 0 Å². The van der Waals surface area contributed by atoms with Gasteiger partial charge in [-0.25, -0.2) is 9.69 Å². The van der Waals surface area contributed by atoms with Crippen LogP contribution >= 0.6 is 27.5 Å². The molecule has 0 bridgehead atoms. The molecule has 1 aliphatic heterocycles. The lowest BCUT2D eigenvalue weighted by Gasteiger charge is -2.26. The Labute approximate surface area is 173 Å². The Hall–Kier alpha value is -2.84. The predicted molar refractivity (Wildman–Crippen MR) is 107 cm³/mol. The molecule has 2 N–H and O–H groups in total. The Kier molecular flexibility index (Phi) is 5.71. The fourth-order valence-corrected chi connectivity index (χ4v) is 3.19. The van der Waals surface area contributed by atoms with Gasteiger partial charge in [-0.1, -0.05) is 27.5 Å². The predicted octanol–water partition coefficient (Wildman–Crippen LogP) is 3.87. The van der Waals surface area contributed by atoms with Crippen LogP contribution < -0.4 is 15.0 Å². The van der Waals surface area contributed by atoms with E-state index in [9.17, 15) is 19.5 Å². The van der Waals surface area contributed by atoms with Crippen LogP contribution in [-0.4, -0.2) is 29.6 Å². The van der Waals surface area contributed by atoms with Gasteiger partial charge in [0.05, 0.1) is 12.3 Å². The van der Waals surface area contributed by atoms with E-state index in [1.807, 2.05) is 0 Å². The summed E-state index contributed by atoms with van der Waals surface area (Å²) in [6, 6.07) is 8.22. The first kappa shape index (κ1) is 19.9. The summed E-state index contributed by atoms with van der Waals surface area (Å²) in [7, 11) is 0. The van der Waals surface area contributed by atoms with E-state index in [0.29, 0.717) is 16.1 Å². The van der Waals surface area contributed by atoms with Gasteiger partial charge in [-0.2, -0.15) is 0 Å². The van der Waals surface area contributed by atoms with Crippen LogP contribution in [0.25, 0.3) is 6.08 Å². The summed E-state index contributed by atoms with van der Waals surface area (Å²) in [5.74, 6) is -1.72. The molecule has 0 atom stereocenters. The number of phenolic OH excluding ortho intramolecular Hbond substituents is 1. The van der Waals surface area contributed by atoms with Crippen molar-refractivity contribution in [1.29, 1.82) is 0 Å². The third-order valence-electron chi connectivity index (χ3n) is 3.86. The second kappa shape index (κ2) is 8.04. The third-order valence-corrected chi connectivity index (χ3v) is 4.57. The lowest BCUT2D eigenvalue weighted by atomic mass is 10.1. The molecule has 4 amide bonds. The molecule has 2 aromatic carbocycles. The van der Waals surface area contributed by atoms with Crippen molar-refractivity contribution in [2.45, 2.75) is 6.92 Å². The molecule has 0 aliphatic carbocycles. The van der Waals surface area contributed by atoms with Crippen LogP contribution in [0.15, 0.2) is 46.4 Å². The van der Waals surface area contributed by atoms with Crippen LogP contribution in [0.2, 0.25) is 5.02 Å². The Bertz CT molecular complexity index is 1000. The Morgan fingerprint density at radius 1 is 1.21 bits per heavy atom. The Balaban J connectivity index is 2.06. The van der Waals surface area contributed by atoms with Gasteiger partial charge >= 0.3 is 6.03 Å². The number of carbonyl (C=O) groups is 3. The van der Waals surface area contributed by atoms with Crippen LogP contribution in [0.1, 0.15) is 12.5 Å². The molecule has 9 heteroatoms. The molecular formula is C19H14BrClN2O5. The smallest absolute Gasteiger partial charge is 0.335 e. The first-order chi connectivity index (χ1) is 13.3. The molecule has 144 valence electrons. The molecule has 1 heterocycles. The first-order valence-electron chi connectivity index (χ1n) is 8.14. The maximum atomic E-state index is 12.9. The minimum atomic E-state index is -0.872. The maximum Gasteiger partial charge on any atom is 0.335 e. The summed E-state index contributed by atoms with van der Waals surface area (Å²) < 4.78 is 5.93. The molecule has 1 saturated heterocycles. The molecule has 0 saturated carbocycles. The SMILES string of the molecule is CCOc1cc(Br)cc(/C=C2\C(=O)NC(=O)N(c3ccc(Cl)cc3)C2=O)c1O. The molecular weight excluding hydrogens is 452 g/mol. The van der Waals surface area contributed by atoms with Gasteiger partial charge in [-0.05, 0) is 49.4 Å². The minimum Gasteiger partial charge on any atom is -0.504 e. The molecule has 0 radical (unpaired) electrons. The summed E-state index contributed by atoms with van der Waals surface area (Å²) in [5.41, 5.74) is 0.117. The summed E-state index contributed by atoms with van der Waals surface area (Å²) >= 11 is 9.14. The number of barbiturate groups is 1. The molecule has 0 unspecified atom stereocenters. The van der Waals surface area contributed by atoms with Crippen molar-refractivity contribution in [2.24, 2.45) is 0 Å². The molecule has 3 rings (SSSR count). The first-order valence-corrected chi connectivity index (χ1v) is 9.31. The van der Waals surface area contributed by atoms with E-state index >= 15 is 0 Å². The van der Waals surface area contributed by atoms with Gasteiger partial charge in [0.25, 0.3) is 11.8 Å². The molecule has 7 nitrogen and oxygen atoms in total. The van der Waals surface area contributed by atoms with Gasteiger partial charge < -0.3 is 9.84 Å². The number of halogens is 2. The number of hydrogen-bond donors (Lipinski definition) is 2. The number of imide groups is 2. The summed E-state index contributed by atoms with van der Waals surface area (Å²) in [6.07, 6.45) is 1.20. The van der Waals surface area contributed by atoms with E-state index in [1.54, 1.807) is 13.0 Å². The van der Waals surface area contributed by atoms with Crippen LogP contribution in [-0.2, 0) is 9.59 Å². The van der Waals surface area contributed by atoms with E-state index in [1.165, 1.54) is 36.4 Å². The average molecular weight is 466 g/mol. The fraction of sp³-hybridized carbons (Fsp3) is 0.105. The zero-order valence-corrected chi connectivity index (χ0v) is 16.9. The number of benzene rings is 2. The van der Waals surface area contributed by atoms with Crippen molar-refractivity contribution < 1.29 is 24.2 Å². The highest BCUT2D eigenvalue weighted by Crippen LogP contribution is 2.35. The van der Waals surface area contributed by atoms with Gasteiger partial charge in [-0.3, -0.25) is 14.9 Å². The number of aromatic hydroxyl groups is 1. The molecule has 1 fully saturated rings. The van der Waals surface area contributed by atoms with Gasteiger partial charge in [0.2, 0.25) is 0 Å². The zero-order valence-electron chi connectivity index (χ0n) is 14.5. The molecule has 28 heavy (non-hydrogen) atoms. The van der Waals surface area contributed by atoms with Crippen LogP contribution in [0.3, 0.4) is 0 Å². The molecule has 0 aromatic heterocycles. The monoisotopic (exact) mass is 464 g/mol. The number of ether oxygens (including phenoxy) is 1. The van der Waals surface area contributed by atoms with Crippen molar-refractivity contribution in [1.82, 2.24) is 5.32 Å². The number of anilines is 1. The Morgan fingerprint density at radius 3 is 2.54 bits per heavy atom. The largest absolute Gasteiger partial charge is 0.504 e. The minimum absolute atomic E-state index is 0.182. The van der Waals surface area contributed by atoms with Gasteiger partial charge in [0.1, 0.15) is 5.57 Å². The number of phenols is 1. The molecule has 1 aliphatic rings. The highest BCUT2D eigenvalue weighted by Gasteiger charge is 2.37. The van der Waals surface area contributed by atoms with Crippen molar-refractivity contribution in [2.75, 3.05) is 11.5 Å². The number of nitrogens with one attached hydrogen (secondary N) is 1. The topological polar surface area (TPSA) is 95.9 Å². The lowest BCUT2D eigenvalue weighted by Crippen LogP contribution is -2.54. The van der Waals surface area contributed by atoms with E-state index < -0.39 is 17.8 Å². The van der Waals surface area contributed by atoms with Gasteiger partial charge in [0, 0.05) is 15.1 Å². The highest BCUT2D eigenvalue weighted by molar-refractivity contribution is 9.10. The number of rotatable bonds is 4. The highest BCUT2D eigenvalue weighted by atomic mass is 79.9. The number of hydrogen-bond acceptors (Lipinski definition) is 5. The summed E-state index contributed by atoms with van der Waals surface area (Å²) in [5, 5.41) is 12.9. The third kappa shape index (κ3) is 3.88. The Morgan fingerprint density at radius 2 is 1.89 bits per heavy atom. The summed E-state index contributed by atoms with van der Waals surface area (Å²) in [6.45, 7) is 2.07. The summed E-state index contributed by atoms with van der Waals surface area (Å²) in [4.78, 5) is 38.1. The average Bonchev–Trinajstić information content (AvgIpc) is 2.63. The van der Waals surface area contributed by atoms with Crippen molar-refractivity contribution in [3.05, 3.63) is 57.0 Å². The molecule has 2 aromatic rings. The van der Waals surface area contributed by atoms with Crippen LogP contribution in [0.4, 0.5) is 10.5 Å². The second-order valence-electron chi connectivity index (χ2n) is 5.71. The van der Waals surface area contributed by atoms with E-state index in [-0.39, 0.29) is 28.3 Å². The van der Waals surface area contributed by atoms with Crippen molar-refractivity contribution >= 4 is 57.1 Å². The second-order valence-corrected chi connectivity index (χ2v) is 7.06. The zero-order chi connectivity index (χ0) is 20.4. The van der Waals surface area contributed by atoms with Gasteiger partial charge in [0.15, 0.2) is 11.5 Å². The fourth-order valence-electron chi connectivity index (χ4n) is 2.61. The van der Waals surface area contributed by atoms with Crippen LogP contribution in [0, 0.1) is 0 Å². The van der Waals surface area contributed by atoms with E-state index in [2.05, 4.69) is 21.2 Å². The number of urea groups is 1. The number of amides is 4. The van der Waals surface area contributed by atoms with Crippen LogP contribution in [0.5, 0.6) is 11.5 Å². The normalized spacial score (nSPS) is 15.8. The lowest BCUT2D eigenvalue weighted by molar-refractivity contribution is -0.122. The molecule has 0 spiro atoms. The standard InChI is InChI=1S/C19H14BrClN2O5/c1-2-28-15-9-11(20)7-10(16(15)24)8-14-17(25)22-19(27)23(18(14)26)13-5-3-12(21)4-6-13/h3-9,24H,2H2,1H3,(H,22,25,27)/b14-8+. The van der Waals surface area contributed by atoms with E-state index in [0.717, 1.165) is 4.90 Å². The number of carbonyl (C=O) groups excluding carboxylic acids is 3. The van der Waals surface area contributed by atoms with Crippen molar-refractivity contribution in [3.8, 4) is 11.5 Å². The quantitative estimate of drug-likeness (QED) is 0.528. The number of nitrogens with zero attached hydrogens (tertiary/aromatic N) is 1.